The van der Waals surface area contributed by atoms with Gasteiger partial charge in [-0.2, -0.15) is 0 Å². The van der Waals surface area contributed by atoms with Gasteiger partial charge in [-0.25, -0.2) is 0 Å². The van der Waals surface area contributed by atoms with Crippen molar-refractivity contribution in [2.24, 2.45) is 11.8 Å². The van der Waals surface area contributed by atoms with Crippen LogP contribution in [0.2, 0.25) is 0 Å². The van der Waals surface area contributed by atoms with Crippen molar-refractivity contribution in [2.45, 2.75) is 59.8 Å². The van der Waals surface area contributed by atoms with Gasteiger partial charge in [-0.15, -0.1) is 0 Å². The van der Waals surface area contributed by atoms with Crippen molar-refractivity contribution in [2.75, 3.05) is 0 Å². The van der Waals surface area contributed by atoms with Crippen molar-refractivity contribution in [1.82, 2.24) is 0 Å². The molecule has 104 valence electrons. The molecule has 1 aliphatic carbocycles. The van der Waals surface area contributed by atoms with Gasteiger partial charge in [0.25, 0.3) is 0 Å². The summed E-state index contributed by atoms with van der Waals surface area (Å²) in [6.45, 7) is 8.42. The first-order valence-electron chi connectivity index (χ1n) is 7.66. The maximum Gasteiger partial charge on any atom is 0.166 e. The zero-order valence-corrected chi connectivity index (χ0v) is 12.8. The molecule has 0 aromatic heterocycles. The molecule has 1 unspecified atom stereocenters. The molecule has 1 aromatic rings. The van der Waals surface area contributed by atoms with E-state index in [0.717, 1.165) is 23.1 Å². The summed E-state index contributed by atoms with van der Waals surface area (Å²) in [7, 11) is 0. The normalized spacial score (nSPS) is 17.7. The standard InChI is InChI=1S/C18H26O/c1-5-16(15-8-6-7-9-15)18(19)17-13(3)10-12(2)11-14(17)4/h10-11,15-16H,5-9H2,1-4H3. The molecule has 0 aliphatic heterocycles. The average Bonchev–Trinajstić information content (AvgIpc) is 2.82. The molecular formula is C18H26O. The first kappa shape index (κ1) is 14.3. The molecule has 2 rings (SSSR count). The highest BCUT2D eigenvalue weighted by molar-refractivity contribution is 6.00. The second kappa shape index (κ2) is 5.90. The lowest BCUT2D eigenvalue weighted by Gasteiger charge is -2.22. The fraction of sp³-hybridized carbons (Fsp3) is 0.611. The summed E-state index contributed by atoms with van der Waals surface area (Å²) >= 11 is 0. The van der Waals surface area contributed by atoms with Crippen molar-refractivity contribution >= 4 is 5.78 Å². The van der Waals surface area contributed by atoms with E-state index in [-0.39, 0.29) is 5.92 Å². The summed E-state index contributed by atoms with van der Waals surface area (Å²) in [6.07, 6.45) is 6.08. The van der Waals surface area contributed by atoms with Crippen LogP contribution in [0.15, 0.2) is 12.1 Å². The van der Waals surface area contributed by atoms with Gasteiger partial charge in [0, 0.05) is 11.5 Å². The highest BCUT2D eigenvalue weighted by atomic mass is 16.1. The van der Waals surface area contributed by atoms with Crippen LogP contribution >= 0.6 is 0 Å². The molecule has 1 nitrogen and oxygen atoms in total. The molecule has 1 aromatic carbocycles. The van der Waals surface area contributed by atoms with E-state index < -0.39 is 0 Å². The van der Waals surface area contributed by atoms with E-state index in [1.54, 1.807) is 0 Å². The van der Waals surface area contributed by atoms with Gasteiger partial charge in [-0.05, 0) is 57.1 Å². The topological polar surface area (TPSA) is 17.1 Å². The number of aryl methyl sites for hydroxylation is 3. The molecule has 0 saturated heterocycles. The predicted molar refractivity (Wildman–Crippen MR) is 80.7 cm³/mol. The van der Waals surface area contributed by atoms with E-state index in [2.05, 4.69) is 39.8 Å². The van der Waals surface area contributed by atoms with Gasteiger partial charge in [0.05, 0.1) is 0 Å². The Bertz CT molecular complexity index is 444. The Morgan fingerprint density at radius 1 is 1.16 bits per heavy atom. The monoisotopic (exact) mass is 258 g/mol. The molecule has 0 spiro atoms. The Morgan fingerprint density at radius 2 is 1.68 bits per heavy atom. The largest absolute Gasteiger partial charge is 0.294 e. The van der Waals surface area contributed by atoms with Gasteiger partial charge in [0.15, 0.2) is 5.78 Å². The summed E-state index contributed by atoms with van der Waals surface area (Å²) in [5.41, 5.74) is 4.54. The van der Waals surface area contributed by atoms with E-state index in [1.807, 2.05) is 0 Å². The van der Waals surface area contributed by atoms with E-state index >= 15 is 0 Å². The quantitative estimate of drug-likeness (QED) is 0.694. The minimum absolute atomic E-state index is 0.239. The third kappa shape index (κ3) is 2.91. The first-order chi connectivity index (χ1) is 9.04. The summed E-state index contributed by atoms with van der Waals surface area (Å²) in [5.74, 6) is 1.25. The van der Waals surface area contributed by atoms with Crippen molar-refractivity contribution in [1.29, 1.82) is 0 Å². The van der Waals surface area contributed by atoms with Crippen molar-refractivity contribution in [3.05, 3.63) is 34.4 Å². The lowest BCUT2D eigenvalue weighted by Crippen LogP contribution is -2.23. The molecule has 1 heteroatoms. The molecular weight excluding hydrogens is 232 g/mol. The van der Waals surface area contributed by atoms with Crippen LogP contribution in [-0.4, -0.2) is 5.78 Å². The van der Waals surface area contributed by atoms with Crippen LogP contribution in [0.4, 0.5) is 0 Å². The molecule has 0 heterocycles. The molecule has 0 radical (unpaired) electrons. The summed E-state index contributed by atoms with van der Waals surface area (Å²) in [5, 5.41) is 0. The minimum atomic E-state index is 0.239. The molecule has 19 heavy (non-hydrogen) atoms. The Hall–Kier alpha value is -1.11. The fourth-order valence-corrected chi connectivity index (χ4v) is 3.85. The van der Waals surface area contributed by atoms with Gasteiger partial charge in [0.2, 0.25) is 0 Å². The molecule has 1 fully saturated rings. The fourth-order valence-electron chi connectivity index (χ4n) is 3.85. The van der Waals surface area contributed by atoms with E-state index in [1.165, 1.54) is 31.2 Å². The number of hydrogen-bond acceptors (Lipinski definition) is 1. The van der Waals surface area contributed by atoms with Crippen LogP contribution in [0, 0.1) is 32.6 Å². The molecule has 0 amide bonds. The van der Waals surface area contributed by atoms with Crippen molar-refractivity contribution < 1.29 is 4.79 Å². The summed E-state index contributed by atoms with van der Waals surface area (Å²) in [4.78, 5) is 12.9. The van der Waals surface area contributed by atoms with Gasteiger partial charge < -0.3 is 0 Å². The number of hydrogen-bond donors (Lipinski definition) is 0. The number of Topliss-reactive ketones (excluding diaryl/α,β-unsaturated/α-hetero) is 1. The molecule has 1 atom stereocenters. The van der Waals surface area contributed by atoms with Crippen LogP contribution in [0.25, 0.3) is 0 Å². The summed E-state index contributed by atoms with van der Waals surface area (Å²) in [6, 6.07) is 4.28. The van der Waals surface area contributed by atoms with Gasteiger partial charge >= 0.3 is 0 Å². The predicted octanol–water partition coefficient (Wildman–Crippen LogP) is 5.01. The van der Waals surface area contributed by atoms with Crippen LogP contribution < -0.4 is 0 Å². The number of carbonyl (C=O) groups is 1. The van der Waals surface area contributed by atoms with E-state index in [0.29, 0.717) is 11.7 Å². The van der Waals surface area contributed by atoms with E-state index in [9.17, 15) is 4.79 Å². The smallest absolute Gasteiger partial charge is 0.166 e. The SMILES string of the molecule is CCC(C(=O)c1c(C)cc(C)cc1C)C1CCCC1. The van der Waals surface area contributed by atoms with Crippen molar-refractivity contribution in [3.63, 3.8) is 0 Å². The Kier molecular flexibility index (Phi) is 4.44. The van der Waals surface area contributed by atoms with Gasteiger partial charge in [-0.1, -0.05) is 37.5 Å². The number of rotatable bonds is 4. The third-order valence-corrected chi connectivity index (χ3v) is 4.67. The van der Waals surface area contributed by atoms with Crippen LogP contribution in [-0.2, 0) is 0 Å². The molecule has 0 bridgehead atoms. The highest BCUT2D eigenvalue weighted by Crippen LogP contribution is 2.36. The van der Waals surface area contributed by atoms with Crippen LogP contribution in [0.5, 0.6) is 0 Å². The second-order valence-electron chi connectivity index (χ2n) is 6.20. The zero-order valence-electron chi connectivity index (χ0n) is 12.8. The number of carbonyl (C=O) groups excluding carboxylic acids is 1. The van der Waals surface area contributed by atoms with Gasteiger partial charge in [0.1, 0.15) is 0 Å². The Balaban J connectivity index is 2.32. The number of benzene rings is 1. The van der Waals surface area contributed by atoms with Crippen LogP contribution in [0.1, 0.15) is 66.1 Å². The minimum Gasteiger partial charge on any atom is -0.294 e. The first-order valence-corrected chi connectivity index (χ1v) is 7.66. The molecule has 0 N–H and O–H groups in total. The van der Waals surface area contributed by atoms with Crippen LogP contribution in [0.3, 0.4) is 0 Å². The average molecular weight is 258 g/mol. The molecule has 1 saturated carbocycles. The Morgan fingerprint density at radius 3 is 2.16 bits per heavy atom. The van der Waals surface area contributed by atoms with E-state index in [4.69, 9.17) is 0 Å². The molecule has 1 aliphatic rings. The lowest BCUT2D eigenvalue weighted by atomic mass is 9.80. The zero-order chi connectivity index (χ0) is 14.0. The van der Waals surface area contributed by atoms with Gasteiger partial charge in [-0.3, -0.25) is 4.79 Å². The third-order valence-electron chi connectivity index (χ3n) is 4.67. The maximum absolute atomic E-state index is 12.9. The number of ketones is 1. The van der Waals surface area contributed by atoms with Crippen molar-refractivity contribution in [3.8, 4) is 0 Å². The lowest BCUT2D eigenvalue weighted by molar-refractivity contribution is 0.0867. The highest BCUT2D eigenvalue weighted by Gasteiger charge is 2.31. The second-order valence-corrected chi connectivity index (χ2v) is 6.20. The maximum atomic E-state index is 12.9. The Labute approximate surface area is 117 Å². The summed E-state index contributed by atoms with van der Waals surface area (Å²) < 4.78 is 0.